The molecule has 166 valence electrons. The Labute approximate surface area is 186 Å². The lowest BCUT2D eigenvalue weighted by molar-refractivity contribution is -0.137. The van der Waals surface area contributed by atoms with E-state index in [4.69, 9.17) is 0 Å². The summed E-state index contributed by atoms with van der Waals surface area (Å²) in [7, 11) is 1.73. The Morgan fingerprint density at radius 1 is 1.12 bits per heavy atom. The summed E-state index contributed by atoms with van der Waals surface area (Å²) in [6, 6.07) is 14.8. The average molecular weight is 459 g/mol. The van der Waals surface area contributed by atoms with Gasteiger partial charge in [-0.2, -0.15) is 18.3 Å². The normalized spacial score (nSPS) is 11.8. The molecule has 2 heterocycles. The fraction of sp³-hybridized carbons (Fsp3) is 0.227. The maximum Gasteiger partial charge on any atom is 0.416 e. The number of thioether (sulfide) groups is 1. The number of anilines is 1. The van der Waals surface area contributed by atoms with Gasteiger partial charge in [-0.15, -0.1) is 0 Å². The minimum Gasteiger partial charge on any atom is -0.314 e. The van der Waals surface area contributed by atoms with Gasteiger partial charge < -0.3 is 9.88 Å². The van der Waals surface area contributed by atoms with E-state index in [0.717, 1.165) is 23.4 Å². The van der Waals surface area contributed by atoms with E-state index in [-0.39, 0.29) is 17.2 Å². The van der Waals surface area contributed by atoms with Crippen molar-refractivity contribution in [2.75, 3.05) is 11.1 Å². The van der Waals surface area contributed by atoms with Crippen molar-refractivity contribution in [2.45, 2.75) is 24.8 Å². The third kappa shape index (κ3) is 4.80. The maximum atomic E-state index is 13.2. The predicted molar refractivity (Wildman–Crippen MR) is 118 cm³/mol. The minimum absolute atomic E-state index is 0.0501. The van der Waals surface area contributed by atoms with Gasteiger partial charge in [0.25, 0.3) is 0 Å². The van der Waals surface area contributed by atoms with E-state index in [9.17, 15) is 18.0 Å². The summed E-state index contributed by atoms with van der Waals surface area (Å²) in [5.74, 6) is 0.363. The van der Waals surface area contributed by atoms with Crippen LogP contribution in [0.5, 0.6) is 0 Å². The zero-order chi connectivity index (χ0) is 22.9. The van der Waals surface area contributed by atoms with Gasteiger partial charge in [-0.25, -0.2) is 4.98 Å². The van der Waals surface area contributed by atoms with Gasteiger partial charge >= 0.3 is 6.18 Å². The predicted octanol–water partition coefficient (Wildman–Crippen LogP) is 4.88. The monoisotopic (exact) mass is 459 g/mol. The van der Waals surface area contributed by atoms with Gasteiger partial charge in [0.05, 0.1) is 34.6 Å². The lowest BCUT2D eigenvalue weighted by Crippen LogP contribution is -2.17. The summed E-state index contributed by atoms with van der Waals surface area (Å²) in [5.41, 5.74) is 1.81. The highest BCUT2D eigenvalue weighted by Gasteiger charge is 2.31. The molecule has 0 aliphatic carbocycles. The van der Waals surface area contributed by atoms with E-state index in [1.165, 1.54) is 17.8 Å². The third-order valence-corrected chi connectivity index (χ3v) is 5.80. The highest BCUT2D eigenvalue weighted by Crippen LogP contribution is 2.33. The SMILES string of the molecule is Cc1cc(NC(=O)CSc2nc3cc(C(F)(F)F)ccc3n2Cc2ccccc2)n(C)n1. The van der Waals surface area contributed by atoms with Crippen LogP contribution >= 0.6 is 11.8 Å². The zero-order valence-electron chi connectivity index (χ0n) is 17.3. The van der Waals surface area contributed by atoms with Crippen LogP contribution in [0.4, 0.5) is 19.0 Å². The number of hydrogen-bond acceptors (Lipinski definition) is 4. The Balaban J connectivity index is 1.61. The molecule has 0 radical (unpaired) electrons. The topological polar surface area (TPSA) is 64.7 Å². The summed E-state index contributed by atoms with van der Waals surface area (Å²) in [6.07, 6.45) is -4.45. The largest absolute Gasteiger partial charge is 0.416 e. The van der Waals surface area contributed by atoms with Crippen molar-refractivity contribution < 1.29 is 18.0 Å². The summed E-state index contributed by atoms with van der Waals surface area (Å²) >= 11 is 1.17. The summed E-state index contributed by atoms with van der Waals surface area (Å²) in [6.45, 7) is 2.25. The molecule has 1 amide bonds. The quantitative estimate of drug-likeness (QED) is 0.418. The third-order valence-electron chi connectivity index (χ3n) is 4.83. The number of nitrogens with one attached hydrogen (secondary N) is 1. The van der Waals surface area contributed by atoms with Crippen molar-refractivity contribution in [1.29, 1.82) is 0 Å². The van der Waals surface area contributed by atoms with Crippen LogP contribution in [0.3, 0.4) is 0 Å². The first kappa shape index (κ1) is 21.9. The molecular weight excluding hydrogens is 439 g/mol. The molecule has 2 aromatic heterocycles. The number of imidazole rings is 1. The Kier molecular flexibility index (Phi) is 5.96. The molecule has 0 fully saturated rings. The molecule has 0 spiro atoms. The zero-order valence-corrected chi connectivity index (χ0v) is 18.2. The second kappa shape index (κ2) is 8.70. The number of hydrogen-bond donors (Lipinski definition) is 1. The maximum absolute atomic E-state index is 13.2. The van der Waals surface area contributed by atoms with Crippen molar-refractivity contribution in [3.8, 4) is 0 Å². The number of amides is 1. The first-order valence-electron chi connectivity index (χ1n) is 9.75. The number of carbonyl (C=O) groups excluding carboxylic acids is 1. The Bertz CT molecular complexity index is 1260. The summed E-state index contributed by atoms with van der Waals surface area (Å²) in [4.78, 5) is 16.9. The van der Waals surface area contributed by atoms with Crippen LogP contribution in [0.2, 0.25) is 0 Å². The molecule has 4 aromatic rings. The van der Waals surface area contributed by atoms with Crippen molar-refractivity contribution in [2.24, 2.45) is 7.05 Å². The number of aromatic nitrogens is 4. The first-order chi connectivity index (χ1) is 15.2. The molecule has 2 aromatic carbocycles. The number of halogens is 3. The van der Waals surface area contributed by atoms with Gasteiger partial charge in [0.15, 0.2) is 5.16 Å². The van der Waals surface area contributed by atoms with Gasteiger partial charge in [0.1, 0.15) is 5.82 Å². The number of benzene rings is 2. The number of alkyl halides is 3. The van der Waals surface area contributed by atoms with Gasteiger partial charge in [-0.3, -0.25) is 9.48 Å². The smallest absolute Gasteiger partial charge is 0.314 e. The fourth-order valence-corrected chi connectivity index (χ4v) is 4.16. The molecule has 0 atom stereocenters. The molecule has 32 heavy (non-hydrogen) atoms. The van der Waals surface area contributed by atoms with Gasteiger partial charge in [0, 0.05) is 13.1 Å². The lowest BCUT2D eigenvalue weighted by Gasteiger charge is -2.10. The molecule has 0 aliphatic heterocycles. The Hall–Kier alpha value is -3.27. The summed E-state index contributed by atoms with van der Waals surface area (Å²) in [5, 5.41) is 7.45. The van der Waals surface area contributed by atoms with E-state index >= 15 is 0 Å². The van der Waals surface area contributed by atoms with Crippen LogP contribution in [0.25, 0.3) is 11.0 Å². The van der Waals surface area contributed by atoms with Crippen LogP contribution in [0, 0.1) is 6.92 Å². The number of fused-ring (bicyclic) bond motifs is 1. The van der Waals surface area contributed by atoms with E-state index in [1.54, 1.807) is 17.8 Å². The van der Waals surface area contributed by atoms with Crippen molar-refractivity contribution in [1.82, 2.24) is 19.3 Å². The fourth-order valence-electron chi connectivity index (χ4n) is 3.35. The van der Waals surface area contributed by atoms with E-state index in [0.29, 0.717) is 23.0 Å². The van der Waals surface area contributed by atoms with Gasteiger partial charge in [0.2, 0.25) is 5.91 Å². The van der Waals surface area contributed by atoms with Crippen LogP contribution in [0.15, 0.2) is 59.8 Å². The van der Waals surface area contributed by atoms with Crippen LogP contribution < -0.4 is 5.32 Å². The number of aryl methyl sites for hydroxylation is 2. The van der Waals surface area contributed by atoms with Crippen LogP contribution in [-0.2, 0) is 24.6 Å². The molecular formula is C22H20F3N5OS. The number of nitrogens with zero attached hydrogens (tertiary/aromatic N) is 4. The van der Waals surface area contributed by atoms with E-state index in [2.05, 4.69) is 15.4 Å². The molecule has 0 saturated heterocycles. The number of carbonyl (C=O) groups is 1. The molecule has 6 nitrogen and oxygen atoms in total. The Morgan fingerprint density at radius 3 is 2.53 bits per heavy atom. The van der Waals surface area contributed by atoms with Crippen molar-refractivity contribution in [3.05, 3.63) is 71.4 Å². The van der Waals surface area contributed by atoms with Crippen LogP contribution in [-0.4, -0.2) is 31.0 Å². The van der Waals surface area contributed by atoms with Crippen molar-refractivity contribution >= 4 is 34.5 Å². The molecule has 0 aliphatic rings. The summed E-state index contributed by atoms with van der Waals surface area (Å²) < 4.78 is 42.9. The second-order valence-corrected chi connectivity index (χ2v) is 8.24. The molecule has 4 rings (SSSR count). The number of rotatable bonds is 6. The lowest BCUT2D eigenvalue weighted by atomic mass is 10.2. The average Bonchev–Trinajstić information content (AvgIpc) is 3.24. The van der Waals surface area contributed by atoms with Gasteiger partial charge in [-0.1, -0.05) is 42.1 Å². The Morgan fingerprint density at radius 2 is 1.88 bits per heavy atom. The van der Waals surface area contributed by atoms with E-state index < -0.39 is 11.7 Å². The van der Waals surface area contributed by atoms with Gasteiger partial charge in [-0.05, 0) is 30.7 Å². The first-order valence-corrected chi connectivity index (χ1v) is 10.7. The molecule has 0 bridgehead atoms. The molecule has 0 unspecified atom stereocenters. The van der Waals surface area contributed by atoms with Crippen molar-refractivity contribution in [3.63, 3.8) is 0 Å². The highest BCUT2D eigenvalue weighted by atomic mass is 32.2. The standard InChI is InChI=1S/C22H20F3N5OS/c1-14-10-19(29(2)28-14)27-20(31)13-32-21-26-17-11-16(22(23,24)25)8-9-18(17)30(21)12-15-6-4-3-5-7-15/h3-11H,12-13H2,1-2H3,(H,27,31). The molecule has 10 heteroatoms. The van der Waals surface area contributed by atoms with Crippen LogP contribution in [0.1, 0.15) is 16.8 Å². The molecule has 0 saturated carbocycles. The minimum atomic E-state index is -4.45. The van der Waals surface area contributed by atoms with E-state index in [1.807, 2.05) is 41.8 Å². The highest BCUT2D eigenvalue weighted by molar-refractivity contribution is 7.99. The second-order valence-electron chi connectivity index (χ2n) is 7.30. The molecule has 1 N–H and O–H groups in total.